The van der Waals surface area contributed by atoms with Crippen LogP contribution in [0, 0.1) is 17.6 Å². The number of piperidine rings is 1. The SMILES string of the molecule is CC1CCN(Cc2c(F)cccc2F)CC1O. The van der Waals surface area contributed by atoms with Gasteiger partial charge >= 0.3 is 0 Å². The van der Waals surface area contributed by atoms with Crippen LogP contribution in [0.15, 0.2) is 18.2 Å². The van der Waals surface area contributed by atoms with Crippen LogP contribution in [-0.4, -0.2) is 29.2 Å². The van der Waals surface area contributed by atoms with Crippen molar-refractivity contribution in [3.63, 3.8) is 0 Å². The molecule has 0 saturated carbocycles. The Balaban J connectivity index is 2.06. The van der Waals surface area contributed by atoms with Gasteiger partial charge in [0, 0.05) is 18.7 Å². The van der Waals surface area contributed by atoms with E-state index in [1.54, 1.807) is 0 Å². The Morgan fingerprint density at radius 1 is 1.35 bits per heavy atom. The van der Waals surface area contributed by atoms with Crippen LogP contribution in [0.4, 0.5) is 8.78 Å². The van der Waals surface area contributed by atoms with Gasteiger partial charge in [0.25, 0.3) is 0 Å². The molecular formula is C13H17F2NO. The standard InChI is InChI=1S/C13H17F2NO/c1-9-5-6-16(8-13(9)17)7-10-11(14)3-2-4-12(10)15/h2-4,9,13,17H,5-8H2,1H3. The molecule has 2 nitrogen and oxygen atoms in total. The minimum atomic E-state index is -0.516. The lowest BCUT2D eigenvalue weighted by molar-refractivity contribution is 0.0250. The fraction of sp³-hybridized carbons (Fsp3) is 0.538. The predicted octanol–water partition coefficient (Wildman–Crippen LogP) is 2.17. The molecule has 1 heterocycles. The van der Waals surface area contributed by atoms with E-state index in [9.17, 15) is 13.9 Å². The summed E-state index contributed by atoms with van der Waals surface area (Å²) in [6.45, 7) is 3.47. The van der Waals surface area contributed by atoms with Crippen molar-refractivity contribution in [2.75, 3.05) is 13.1 Å². The number of likely N-dealkylation sites (tertiary alicyclic amines) is 1. The molecule has 2 atom stereocenters. The third-order valence-electron chi connectivity index (χ3n) is 3.45. The van der Waals surface area contributed by atoms with Gasteiger partial charge in [0.05, 0.1) is 6.10 Å². The van der Waals surface area contributed by atoms with Gasteiger partial charge in [-0.2, -0.15) is 0 Å². The van der Waals surface area contributed by atoms with E-state index in [2.05, 4.69) is 0 Å². The Labute approximate surface area is 99.9 Å². The minimum Gasteiger partial charge on any atom is -0.392 e. The normalized spacial score (nSPS) is 26.1. The second kappa shape index (κ2) is 5.10. The smallest absolute Gasteiger partial charge is 0.130 e. The van der Waals surface area contributed by atoms with E-state index in [0.717, 1.165) is 13.0 Å². The number of nitrogens with zero attached hydrogens (tertiary/aromatic N) is 1. The van der Waals surface area contributed by atoms with Crippen LogP contribution >= 0.6 is 0 Å². The van der Waals surface area contributed by atoms with Crippen molar-refractivity contribution >= 4 is 0 Å². The molecule has 0 amide bonds. The van der Waals surface area contributed by atoms with Crippen LogP contribution in [0.5, 0.6) is 0 Å². The first-order chi connectivity index (χ1) is 8.08. The van der Waals surface area contributed by atoms with E-state index < -0.39 is 17.7 Å². The number of aliphatic hydroxyl groups is 1. The number of rotatable bonds is 2. The maximum Gasteiger partial charge on any atom is 0.130 e. The third-order valence-corrected chi connectivity index (χ3v) is 3.45. The Kier molecular flexibility index (Phi) is 3.74. The van der Waals surface area contributed by atoms with Gasteiger partial charge in [0.1, 0.15) is 11.6 Å². The first-order valence-corrected chi connectivity index (χ1v) is 5.91. The van der Waals surface area contributed by atoms with Crippen molar-refractivity contribution < 1.29 is 13.9 Å². The summed E-state index contributed by atoms with van der Waals surface area (Å²) in [5.41, 5.74) is 0.0919. The van der Waals surface area contributed by atoms with E-state index in [1.807, 2.05) is 11.8 Å². The molecule has 1 saturated heterocycles. The summed E-state index contributed by atoms with van der Waals surface area (Å²) in [6.07, 6.45) is 0.454. The predicted molar refractivity (Wildman–Crippen MR) is 61.4 cm³/mol. The number of halogens is 2. The maximum atomic E-state index is 13.5. The van der Waals surface area contributed by atoms with Crippen LogP contribution < -0.4 is 0 Å². The molecule has 4 heteroatoms. The van der Waals surface area contributed by atoms with Crippen molar-refractivity contribution in [1.82, 2.24) is 4.90 Å². The molecule has 1 aromatic carbocycles. The average molecular weight is 241 g/mol. The van der Waals surface area contributed by atoms with E-state index >= 15 is 0 Å². The highest BCUT2D eigenvalue weighted by Gasteiger charge is 2.25. The van der Waals surface area contributed by atoms with Crippen LogP contribution in [0.2, 0.25) is 0 Å². The zero-order valence-corrected chi connectivity index (χ0v) is 9.87. The lowest BCUT2D eigenvalue weighted by Gasteiger charge is -2.34. The van der Waals surface area contributed by atoms with Crippen molar-refractivity contribution in [2.24, 2.45) is 5.92 Å². The summed E-state index contributed by atoms with van der Waals surface area (Å²) in [6, 6.07) is 3.89. The summed E-state index contributed by atoms with van der Waals surface area (Å²) >= 11 is 0. The molecule has 1 aromatic rings. The highest BCUT2D eigenvalue weighted by Crippen LogP contribution is 2.21. The van der Waals surface area contributed by atoms with E-state index in [-0.39, 0.29) is 18.0 Å². The summed E-state index contributed by atoms with van der Waals surface area (Å²) in [5, 5.41) is 9.74. The lowest BCUT2D eigenvalue weighted by atomic mass is 9.95. The van der Waals surface area contributed by atoms with E-state index in [0.29, 0.717) is 6.54 Å². The molecule has 1 aliphatic rings. The largest absolute Gasteiger partial charge is 0.392 e. The van der Waals surface area contributed by atoms with Crippen LogP contribution in [0.3, 0.4) is 0 Å². The third kappa shape index (κ3) is 2.82. The molecular weight excluding hydrogens is 224 g/mol. The summed E-state index contributed by atoms with van der Waals surface area (Å²) < 4.78 is 26.9. The van der Waals surface area contributed by atoms with Crippen molar-refractivity contribution in [3.8, 4) is 0 Å². The Morgan fingerprint density at radius 3 is 2.59 bits per heavy atom. The van der Waals surface area contributed by atoms with Gasteiger partial charge in [-0.1, -0.05) is 13.0 Å². The van der Waals surface area contributed by atoms with Gasteiger partial charge in [-0.3, -0.25) is 4.90 Å². The number of hydrogen-bond donors (Lipinski definition) is 1. The molecule has 17 heavy (non-hydrogen) atoms. The summed E-state index contributed by atoms with van der Waals surface area (Å²) in [5.74, 6) is -0.770. The van der Waals surface area contributed by atoms with E-state index in [1.165, 1.54) is 18.2 Å². The second-order valence-corrected chi connectivity index (χ2v) is 4.77. The topological polar surface area (TPSA) is 23.5 Å². The highest BCUT2D eigenvalue weighted by atomic mass is 19.1. The monoisotopic (exact) mass is 241 g/mol. The number of aliphatic hydroxyl groups excluding tert-OH is 1. The van der Waals surface area contributed by atoms with Crippen molar-refractivity contribution in [2.45, 2.75) is 26.0 Å². The Bertz CT molecular complexity index is 377. The fourth-order valence-corrected chi connectivity index (χ4v) is 2.16. The minimum absolute atomic E-state index is 0.0919. The first kappa shape index (κ1) is 12.5. The Hall–Kier alpha value is -1.00. The quantitative estimate of drug-likeness (QED) is 0.857. The molecule has 1 fully saturated rings. The molecule has 1 aliphatic heterocycles. The van der Waals surface area contributed by atoms with Crippen LogP contribution in [0.1, 0.15) is 18.9 Å². The van der Waals surface area contributed by atoms with Gasteiger partial charge < -0.3 is 5.11 Å². The molecule has 0 bridgehead atoms. The second-order valence-electron chi connectivity index (χ2n) is 4.77. The molecule has 0 aliphatic carbocycles. The molecule has 0 radical (unpaired) electrons. The molecule has 2 unspecified atom stereocenters. The maximum absolute atomic E-state index is 13.5. The summed E-state index contributed by atoms with van der Waals surface area (Å²) in [4.78, 5) is 1.90. The lowest BCUT2D eigenvalue weighted by Crippen LogP contribution is -2.42. The van der Waals surface area contributed by atoms with Gasteiger partial charge in [0.2, 0.25) is 0 Å². The van der Waals surface area contributed by atoms with Crippen LogP contribution in [0.25, 0.3) is 0 Å². The average Bonchev–Trinajstić information content (AvgIpc) is 2.28. The summed E-state index contributed by atoms with van der Waals surface area (Å²) in [7, 11) is 0. The van der Waals surface area contributed by atoms with Gasteiger partial charge in [-0.05, 0) is 31.0 Å². The number of hydrogen-bond acceptors (Lipinski definition) is 2. The molecule has 0 spiro atoms. The van der Waals surface area contributed by atoms with Crippen molar-refractivity contribution in [3.05, 3.63) is 35.4 Å². The molecule has 94 valence electrons. The molecule has 1 N–H and O–H groups in total. The van der Waals surface area contributed by atoms with E-state index in [4.69, 9.17) is 0 Å². The van der Waals surface area contributed by atoms with Crippen molar-refractivity contribution in [1.29, 1.82) is 0 Å². The number of benzene rings is 1. The Morgan fingerprint density at radius 2 is 2.00 bits per heavy atom. The molecule has 2 rings (SSSR count). The zero-order chi connectivity index (χ0) is 12.4. The fourth-order valence-electron chi connectivity index (χ4n) is 2.16. The number of β-amino-alcohol motifs (C(OH)–C–C–N with tert-alkyl or cyclic N) is 1. The van der Waals surface area contributed by atoms with Gasteiger partial charge in [-0.25, -0.2) is 8.78 Å². The highest BCUT2D eigenvalue weighted by molar-refractivity contribution is 5.19. The van der Waals surface area contributed by atoms with Crippen LogP contribution in [-0.2, 0) is 6.54 Å². The molecule has 0 aromatic heterocycles. The van der Waals surface area contributed by atoms with Gasteiger partial charge in [-0.15, -0.1) is 0 Å². The first-order valence-electron chi connectivity index (χ1n) is 5.91. The zero-order valence-electron chi connectivity index (χ0n) is 9.87. The van der Waals surface area contributed by atoms with Gasteiger partial charge in [0.15, 0.2) is 0 Å².